The van der Waals surface area contributed by atoms with Crippen LogP contribution < -0.4 is 15.0 Å². The van der Waals surface area contributed by atoms with Gasteiger partial charge in [-0.25, -0.2) is 4.79 Å². The van der Waals surface area contributed by atoms with Gasteiger partial charge in [0.25, 0.3) is 0 Å². The highest BCUT2D eigenvalue weighted by atomic mass is 35.5. The van der Waals surface area contributed by atoms with Crippen LogP contribution in [0.5, 0.6) is 11.5 Å². The first-order valence-corrected chi connectivity index (χ1v) is 12.6. The molecule has 3 aliphatic rings. The smallest absolute Gasteiger partial charge is 0.340 e. The van der Waals surface area contributed by atoms with Crippen LogP contribution in [0.2, 0.25) is 5.02 Å². The van der Waals surface area contributed by atoms with Gasteiger partial charge in [-0.2, -0.15) is 0 Å². The van der Waals surface area contributed by atoms with Crippen molar-refractivity contribution < 1.29 is 14.3 Å². The zero-order valence-electron chi connectivity index (χ0n) is 19.5. The Morgan fingerprint density at radius 3 is 2.47 bits per heavy atom. The first kappa shape index (κ1) is 21.3. The van der Waals surface area contributed by atoms with E-state index in [2.05, 4.69) is 28.4 Å². The molecule has 3 heterocycles. The number of hydrogen-bond donors (Lipinski definition) is 1. The second-order valence-corrected chi connectivity index (χ2v) is 9.88. The van der Waals surface area contributed by atoms with Gasteiger partial charge in [0, 0.05) is 57.9 Å². The molecule has 36 heavy (non-hydrogen) atoms. The summed E-state index contributed by atoms with van der Waals surface area (Å²) in [7, 11) is 0. The molecule has 1 unspecified atom stereocenters. The summed E-state index contributed by atoms with van der Waals surface area (Å²) in [6.45, 7) is 2.08. The minimum Gasteiger partial charge on any atom is -0.456 e. The van der Waals surface area contributed by atoms with Crippen LogP contribution >= 0.6 is 11.6 Å². The summed E-state index contributed by atoms with van der Waals surface area (Å²) < 4.78 is 12.8. The minimum absolute atomic E-state index is 0.332. The fourth-order valence-corrected chi connectivity index (χ4v) is 5.83. The van der Waals surface area contributed by atoms with Gasteiger partial charge in [0.15, 0.2) is 5.60 Å². The molecule has 1 fully saturated rings. The summed E-state index contributed by atoms with van der Waals surface area (Å²) in [6, 6.07) is 27.3. The van der Waals surface area contributed by atoms with E-state index < -0.39 is 5.60 Å². The molecule has 1 N–H and O–H groups in total. The third kappa shape index (κ3) is 3.20. The molecular weight excluding hydrogens is 472 g/mol. The normalized spacial score (nSPS) is 19.4. The average Bonchev–Trinajstić information content (AvgIpc) is 3.53. The number of nitrogens with zero attached hydrogens (tertiary/aromatic N) is 1. The molecule has 0 saturated carbocycles. The highest BCUT2D eigenvalue weighted by molar-refractivity contribution is 6.30. The van der Waals surface area contributed by atoms with Crippen molar-refractivity contribution >= 4 is 34.6 Å². The van der Waals surface area contributed by atoms with E-state index in [-0.39, 0.29) is 5.97 Å². The number of hydrogen-bond acceptors (Lipinski definition) is 5. The third-order valence-electron chi connectivity index (χ3n) is 7.28. The number of carbonyl (C=O) groups excluding carboxylic acids is 1. The Labute approximate surface area is 214 Å². The second kappa shape index (κ2) is 8.04. The Morgan fingerprint density at radius 1 is 0.778 bits per heavy atom. The maximum absolute atomic E-state index is 13.1. The van der Waals surface area contributed by atoms with Gasteiger partial charge in [-0.3, -0.25) is 0 Å². The minimum atomic E-state index is -1.09. The molecule has 0 aliphatic carbocycles. The van der Waals surface area contributed by atoms with E-state index in [4.69, 9.17) is 21.1 Å². The number of benzene rings is 4. The molecule has 5 nitrogen and oxygen atoms in total. The van der Waals surface area contributed by atoms with Crippen LogP contribution in [0, 0.1) is 0 Å². The molecule has 1 atom stereocenters. The molecule has 3 aliphatic heterocycles. The number of anilines is 3. The van der Waals surface area contributed by atoms with E-state index in [1.165, 1.54) is 12.8 Å². The van der Waals surface area contributed by atoms with Crippen LogP contribution in [-0.2, 0) is 10.3 Å². The lowest BCUT2D eigenvalue weighted by molar-refractivity contribution is 0.0224. The van der Waals surface area contributed by atoms with Crippen molar-refractivity contribution in [3.63, 3.8) is 0 Å². The lowest BCUT2D eigenvalue weighted by atomic mass is 9.77. The topological polar surface area (TPSA) is 50.8 Å². The summed E-state index contributed by atoms with van der Waals surface area (Å²) in [4.78, 5) is 15.5. The first-order chi connectivity index (χ1) is 17.6. The predicted octanol–water partition coefficient (Wildman–Crippen LogP) is 7.25. The van der Waals surface area contributed by atoms with Crippen molar-refractivity contribution in [3.8, 4) is 11.5 Å². The van der Waals surface area contributed by atoms with Gasteiger partial charge in [-0.05, 0) is 67.4 Å². The summed E-state index contributed by atoms with van der Waals surface area (Å²) in [5, 5.41) is 4.07. The van der Waals surface area contributed by atoms with Crippen LogP contribution in [0.3, 0.4) is 0 Å². The molecule has 1 saturated heterocycles. The lowest BCUT2D eigenvalue weighted by Gasteiger charge is -2.37. The fourth-order valence-electron chi connectivity index (χ4n) is 5.64. The highest BCUT2D eigenvalue weighted by Crippen LogP contribution is 2.57. The van der Waals surface area contributed by atoms with Crippen LogP contribution in [0.4, 0.5) is 17.1 Å². The number of rotatable bonds is 3. The number of halogens is 1. The SMILES string of the molecule is O=C1OC2(c3ccc(N4CCCC4)cc3Oc3ccc(Nc4cccc(Cl)c4)cc32)c2ccccc21. The third-order valence-corrected chi connectivity index (χ3v) is 7.51. The summed E-state index contributed by atoms with van der Waals surface area (Å²) in [5.74, 6) is 1.05. The standard InChI is InChI=1S/C30H23ClN2O3/c31-19-6-5-7-20(16-19)32-21-10-13-27-26(17-21)30(24-9-2-1-8-23(24)29(34)36-30)25-12-11-22(18-28(25)35-27)33-14-3-4-15-33/h1-2,5-13,16-18,32H,3-4,14-15H2. The van der Waals surface area contributed by atoms with Crippen molar-refractivity contribution in [3.05, 3.63) is 112 Å². The van der Waals surface area contributed by atoms with Crippen molar-refractivity contribution in [2.75, 3.05) is 23.3 Å². The molecule has 0 radical (unpaired) electrons. The van der Waals surface area contributed by atoms with Crippen LogP contribution in [0.25, 0.3) is 0 Å². The van der Waals surface area contributed by atoms with Gasteiger partial charge in [0.1, 0.15) is 11.5 Å². The van der Waals surface area contributed by atoms with Crippen molar-refractivity contribution in [2.24, 2.45) is 0 Å². The van der Waals surface area contributed by atoms with Crippen LogP contribution in [-0.4, -0.2) is 19.1 Å². The first-order valence-electron chi connectivity index (χ1n) is 12.2. The number of carbonyl (C=O) groups is 1. The molecule has 4 aromatic rings. The van der Waals surface area contributed by atoms with Crippen molar-refractivity contribution in [1.82, 2.24) is 0 Å². The van der Waals surface area contributed by atoms with Gasteiger partial charge >= 0.3 is 5.97 Å². The number of ether oxygens (including phenoxy) is 2. The van der Waals surface area contributed by atoms with E-state index in [0.717, 1.165) is 46.8 Å². The summed E-state index contributed by atoms with van der Waals surface area (Å²) >= 11 is 6.19. The number of fused-ring (bicyclic) bond motifs is 6. The molecule has 178 valence electrons. The van der Waals surface area contributed by atoms with Gasteiger partial charge in [-0.1, -0.05) is 35.9 Å². The van der Waals surface area contributed by atoms with Crippen molar-refractivity contribution in [2.45, 2.75) is 18.4 Å². The molecule has 0 aromatic heterocycles. The molecule has 7 rings (SSSR count). The fraction of sp³-hybridized carbons (Fsp3) is 0.167. The Bertz CT molecular complexity index is 1530. The van der Waals surface area contributed by atoms with E-state index in [1.807, 2.05) is 66.7 Å². The zero-order chi connectivity index (χ0) is 24.3. The average molecular weight is 495 g/mol. The van der Waals surface area contributed by atoms with E-state index >= 15 is 0 Å². The van der Waals surface area contributed by atoms with E-state index in [9.17, 15) is 4.79 Å². The Kier molecular flexibility index (Phi) is 4.76. The number of nitrogens with one attached hydrogen (secondary N) is 1. The quantitative estimate of drug-likeness (QED) is 0.304. The van der Waals surface area contributed by atoms with E-state index in [0.29, 0.717) is 22.1 Å². The lowest BCUT2D eigenvalue weighted by Crippen LogP contribution is -2.33. The van der Waals surface area contributed by atoms with Crippen molar-refractivity contribution in [1.29, 1.82) is 0 Å². The van der Waals surface area contributed by atoms with Crippen LogP contribution in [0.15, 0.2) is 84.9 Å². The monoisotopic (exact) mass is 494 g/mol. The molecule has 0 amide bonds. The summed E-state index contributed by atoms with van der Waals surface area (Å²) in [5.41, 5.74) is 4.77. The predicted molar refractivity (Wildman–Crippen MR) is 141 cm³/mol. The van der Waals surface area contributed by atoms with E-state index in [1.54, 1.807) is 0 Å². The molecule has 4 aromatic carbocycles. The number of esters is 1. The zero-order valence-corrected chi connectivity index (χ0v) is 20.2. The molecule has 0 bridgehead atoms. The second-order valence-electron chi connectivity index (χ2n) is 9.44. The Balaban J connectivity index is 1.41. The molecule has 1 spiro atoms. The maximum atomic E-state index is 13.1. The Hall–Kier alpha value is -3.96. The largest absolute Gasteiger partial charge is 0.456 e. The van der Waals surface area contributed by atoms with Gasteiger partial charge < -0.3 is 19.7 Å². The molecular formula is C30H23ClN2O3. The Morgan fingerprint density at radius 2 is 1.61 bits per heavy atom. The molecule has 6 heteroatoms. The van der Waals surface area contributed by atoms with Gasteiger partial charge in [0.2, 0.25) is 0 Å². The highest BCUT2D eigenvalue weighted by Gasteiger charge is 2.53. The van der Waals surface area contributed by atoms with Gasteiger partial charge in [0.05, 0.1) is 5.56 Å². The summed E-state index contributed by atoms with van der Waals surface area (Å²) in [6.07, 6.45) is 2.39. The van der Waals surface area contributed by atoms with Gasteiger partial charge in [-0.15, -0.1) is 0 Å². The van der Waals surface area contributed by atoms with Crippen LogP contribution in [0.1, 0.15) is 39.9 Å². The maximum Gasteiger partial charge on any atom is 0.340 e.